The molecule has 0 atom stereocenters. The zero-order valence-electron chi connectivity index (χ0n) is 11.0. The number of anilines is 1. The van der Waals surface area contributed by atoms with E-state index in [9.17, 15) is 4.79 Å². The van der Waals surface area contributed by atoms with Gasteiger partial charge in [0.05, 0.1) is 6.54 Å². The molecule has 1 aliphatic heterocycles. The van der Waals surface area contributed by atoms with Crippen molar-refractivity contribution in [1.29, 1.82) is 0 Å². The number of carbonyl (C=O) groups is 1. The standard InChI is InChI=1S/C13H19N3O.2ClH/c1-2-6-16-8-10-4-3-5-12(11(10)9-16)15-13(17)7-14;;/h3-5H,2,6-9,14H2,1H3,(H,15,17);2*1H. The van der Waals surface area contributed by atoms with Crippen LogP contribution in [0.25, 0.3) is 0 Å². The molecule has 0 aromatic heterocycles. The molecule has 0 fully saturated rings. The van der Waals surface area contributed by atoms with Gasteiger partial charge in [-0.25, -0.2) is 0 Å². The van der Waals surface area contributed by atoms with Crippen LogP contribution in [0.2, 0.25) is 0 Å². The minimum absolute atomic E-state index is 0. The Kier molecular flexibility index (Phi) is 8.02. The number of hydrogen-bond acceptors (Lipinski definition) is 3. The number of amides is 1. The third-order valence-electron chi connectivity index (χ3n) is 3.05. The number of nitrogens with two attached hydrogens (primary N) is 1. The highest BCUT2D eigenvalue weighted by molar-refractivity contribution is 5.93. The fourth-order valence-electron chi connectivity index (χ4n) is 2.28. The number of hydrogen-bond donors (Lipinski definition) is 2. The number of nitrogens with zero attached hydrogens (tertiary/aromatic N) is 1. The second-order valence-electron chi connectivity index (χ2n) is 4.41. The molecule has 19 heavy (non-hydrogen) atoms. The zero-order valence-corrected chi connectivity index (χ0v) is 12.6. The molecule has 1 aromatic carbocycles. The lowest BCUT2D eigenvalue weighted by atomic mass is 10.1. The first-order valence-electron chi connectivity index (χ1n) is 6.07. The molecule has 0 spiro atoms. The predicted molar refractivity (Wildman–Crippen MR) is 83.0 cm³/mol. The fourth-order valence-corrected chi connectivity index (χ4v) is 2.28. The van der Waals surface area contributed by atoms with Crippen LogP contribution < -0.4 is 11.1 Å². The van der Waals surface area contributed by atoms with E-state index in [1.165, 1.54) is 11.1 Å². The highest BCUT2D eigenvalue weighted by Crippen LogP contribution is 2.29. The minimum atomic E-state index is -0.132. The Balaban J connectivity index is 0.00000162. The van der Waals surface area contributed by atoms with Crippen molar-refractivity contribution in [3.05, 3.63) is 29.3 Å². The highest BCUT2D eigenvalue weighted by Gasteiger charge is 2.21. The lowest BCUT2D eigenvalue weighted by Gasteiger charge is -2.13. The molecule has 3 N–H and O–H groups in total. The second-order valence-corrected chi connectivity index (χ2v) is 4.41. The van der Waals surface area contributed by atoms with Crippen LogP contribution in [0.5, 0.6) is 0 Å². The van der Waals surface area contributed by atoms with Crippen LogP contribution in [0.3, 0.4) is 0 Å². The van der Waals surface area contributed by atoms with Crippen molar-refractivity contribution in [2.24, 2.45) is 5.73 Å². The summed E-state index contributed by atoms with van der Waals surface area (Å²) in [6, 6.07) is 6.06. The highest BCUT2D eigenvalue weighted by atomic mass is 35.5. The Morgan fingerprint density at radius 2 is 2.11 bits per heavy atom. The van der Waals surface area contributed by atoms with Gasteiger partial charge < -0.3 is 11.1 Å². The van der Waals surface area contributed by atoms with E-state index in [0.29, 0.717) is 0 Å². The Bertz CT molecular complexity index is 426. The van der Waals surface area contributed by atoms with Gasteiger partial charge in [0, 0.05) is 18.8 Å². The van der Waals surface area contributed by atoms with Gasteiger partial charge in [-0.2, -0.15) is 0 Å². The van der Waals surface area contributed by atoms with E-state index in [-0.39, 0.29) is 37.3 Å². The SMILES string of the molecule is CCCN1Cc2cccc(NC(=O)CN)c2C1.Cl.Cl. The van der Waals surface area contributed by atoms with Crippen molar-refractivity contribution >= 4 is 36.4 Å². The normalized spacial score (nSPS) is 13.2. The summed E-state index contributed by atoms with van der Waals surface area (Å²) >= 11 is 0. The summed E-state index contributed by atoms with van der Waals surface area (Å²) in [6.45, 7) is 5.21. The van der Waals surface area contributed by atoms with Gasteiger partial charge in [0.1, 0.15) is 0 Å². The quantitative estimate of drug-likeness (QED) is 0.896. The molecular formula is C13H21Cl2N3O. The number of carbonyl (C=O) groups excluding carboxylic acids is 1. The summed E-state index contributed by atoms with van der Waals surface area (Å²) in [7, 11) is 0. The van der Waals surface area contributed by atoms with Crippen molar-refractivity contribution < 1.29 is 4.79 Å². The average molecular weight is 306 g/mol. The van der Waals surface area contributed by atoms with Crippen LogP contribution in [0.15, 0.2) is 18.2 Å². The van der Waals surface area contributed by atoms with Crippen LogP contribution in [0.1, 0.15) is 24.5 Å². The summed E-state index contributed by atoms with van der Waals surface area (Å²) in [5, 5.41) is 2.86. The maximum absolute atomic E-state index is 11.3. The first-order chi connectivity index (χ1) is 8.24. The largest absolute Gasteiger partial charge is 0.325 e. The minimum Gasteiger partial charge on any atom is -0.325 e. The Hall–Kier alpha value is -0.810. The van der Waals surface area contributed by atoms with Gasteiger partial charge >= 0.3 is 0 Å². The fraction of sp³-hybridized carbons (Fsp3) is 0.462. The Labute approximate surface area is 126 Å². The molecule has 0 radical (unpaired) electrons. The van der Waals surface area contributed by atoms with Crippen LogP contribution in [-0.4, -0.2) is 23.9 Å². The molecule has 0 saturated heterocycles. The number of fused-ring (bicyclic) bond motifs is 1. The summed E-state index contributed by atoms with van der Waals surface area (Å²) in [4.78, 5) is 13.7. The molecule has 0 aliphatic carbocycles. The van der Waals surface area contributed by atoms with Gasteiger partial charge in [-0.05, 0) is 30.2 Å². The van der Waals surface area contributed by atoms with Crippen molar-refractivity contribution in [2.75, 3.05) is 18.4 Å². The van der Waals surface area contributed by atoms with Gasteiger partial charge in [0.2, 0.25) is 5.91 Å². The van der Waals surface area contributed by atoms with Crippen molar-refractivity contribution in [1.82, 2.24) is 4.90 Å². The van der Waals surface area contributed by atoms with E-state index < -0.39 is 0 Å². The molecule has 0 saturated carbocycles. The van der Waals surface area contributed by atoms with Crippen LogP contribution in [0, 0.1) is 0 Å². The summed E-state index contributed by atoms with van der Waals surface area (Å²) in [6.07, 6.45) is 1.15. The molecule has 1 aliphatic rings. The van der Waals surface area contributed by atoms with Crippen molar-refractivity contribution in [3.63, 3.8) is 0 Å². The van der Waals surface area contributed by atoms with Gasteiger partial charge in [-0.3, -0.25) is 9.69 Å². The summed E-state index contributed by atoms with van der Waals surface area (Å²) < 4.78 is 0. The maximum atomic E-state index is 11.3. The Morgan fingerprint density at radius 3 is 2.74 bits per heavy atom. The molecule has 6 heteroatoms. The number of nitrogens with one attached hydrogen (secondary N) is 1. The lowest BCUT2D eigenvalue weighted by Crippen LogP contribution is -2.22. The summed E-state index contributed by atoms with van der Waals surface area (Å²) in [5.74, 6) is -0.132. The maximum Gasteiger partial charge on any atom is 0.238 e. The van der Waals surface area contributed by atoms with E-state index in [2.05, 4.69) is 23.2 Å². The second kappa shape index (κ2) is 8.38. The van der Waals surface area contributed by atoms with Crippen LogP contribution in [-0.2, 0) is 17.9 Å². The molecule has 1 aromatic rings. The first-order valence-corrected chi connectivity index (χ1v) is 6.07. The number of benzene rings is 1. The molecule has 0 bridgehead atoms. The molecule has 2 rings (SSSR count). The van der Waals surface area contributed by atoms with Gasteiger partial charge in [0.25, 0.3) is 0 Å². The van der Waals surface area contributed by atoms with Gasteiger partial charge in [-0.1, -0.05) is 19.1 Å². The van der Waals surface area contributed by atoms with Crippen LogP contribution in [0.4, 0.5) is 5.69 Å². The topological polar surface area (TPSA) is 58.4 Å². The lowest BCUT2D eigenvalue weighted by molar-refractivity contribution is -0.114. The molecule has 0 unspecified atom stereocenters. The van der Waals surface area contributed by atoms with E-state index >= 15 is 0 Å². The van der Waals surface area contributed by atoms with Gasteiger partial charge in [0.15, 0.2) is 0 Å². The molecular weight excluding hydrogens is 285 g/mol. The van der Waals surface area contributed by atoms with Crippen LogP contribution >= 0.6 is 24.8 Å². The van der Waals surface area contributed by atoms with E-state index in [0.717, 1.165) is 31.7 Å². The number of rotatable bonds is 4. The van der Waals surface area contributed by atoms with E-state index in [1.807, 2.05) is 12.1 Å². The molecule has 1 heterocycles. The van der Waals surface area contributed by atoms with Crippen molar-refractivity contribution in [3.8, 4) is 0 Å². The van der Waals surface area contributed by atoms with Gasteiger partial charge in [-0.15, -0.1) is 24.8 Å². The van der Waals surface area contributed by atoms with E-state index in [1.54, 1.807) is 0 Å². The zero-order chi connectivity index (χ0) is 12.3. The molecule has 1 amide bonds. The number of halogens is 2. The third-order valence-corrected chi connectivity index (χ3v) is 3.05. The smallest absolute Gasteiger partial charge is 0.238 e. The first kappa shape index (κ1) is 18.2. The molecule has 108 valence electrons. The Morgan fingerprint density at radius 1 is 1.37 bits per heavy atom. The average Bonchev–Trinajstić information content (AvgIpc) is 2.73. The predicted octanol–water partition coefficient (Wildman–Crippen LogP) is 2.15. The summed E-state index contributed by atoms with van der Waals surface area (Å²) in [5.41, 5.74) is 8.78. The third kappa shape index (κ3) is 4.35. The van der Waals surface area contributed by atoms with E-state index in [4.69, 9.17) is 5.73 Å². The monoisotopic (exact) mass is 305 g/mol. The van der Waals surface area contributed by atoms with Crippen molar-refractivity contribution in [2.45, 2.75) is 26.4 Å². The molecule has 4 nitrogen and oxygen atoms in total.